The van der Waals surface area contributed by atoms with Crippen LogP contribution in [0.2, 0.25) is 0 Å². The predicted molar refractivity (Wildman–Crippen MR) is 86.6 cm³/mol. The van der Waals surface area contributed by atoms with Crippen molar-refractivity contribution in [1.82, 2.24) is 14.9 Å². The van der Waals surface area contributed by atoms with E-state index < -0.39 is 23.1 Å². The van der Waals surface area contributed by atoms with Gasteiger partial charge in [-0.1, -0.05) is 6.07 Å². The molecule has 7 nitrogen and oxygen atoms in total. The van der Waals surface area contributed by atoms with Gasteiger partial charge in [-0.2, -0.15) is 0 Å². The monoisotopic (exact) mass is 332 g/mol. The van der Waals surface area contributed by atoms with Crippen LogP contribution in [-0.2, 0) is 6.54 Å². The summed E-state index contributed by atoms with van der Waals surface area (Å²) in [7, 11) is 0. The van der Waals surface area contributed by atoms with E-state index in [4.69, 9.17) is 0 Å². The maximum atomic E-state index is 13.4. The maximum absolute atomic E-state index is 13.4. The third-order valence-corrected chi connectivity index (χ3v) is 3.85. The molecule has 0 atom stereocenters. The number of aryl methyl sites for hydroxylation is 1. The van der Waals surface area contributed by atoms with E-state index in [0.29, 0.717) is 11.3 Å². The third-order valence-electron chi connectivity index (χ3n) is 3.85. The Hall–Kier alpha value is -2.90. The fourth-order valence-electron chi connectivity index (χ4n) is 2.30. The molecule has 0 aliphatic heterocycles. The number of urea groups is 1. The molecule has 1 aromatic carbocycles. The number of halogens is 1. The number of benzene rings is 1. The van der Waals surface area contributed by atoms with Gasteiger partial charge in [0, 0.05) is 17.9 Å². The standard InChI is InChI=1S/C16H17FN4O3/c1-9-2-3-11(6-13(9)17)19-15(23)18-7-10-8-21(12-4-5-12)16(24)20-14(10)22/h2-3,6,8,12H,4-5,7H2,1H3,(H2,18,19,23)(H,20,22,24). The number of nitrogens with one attached hydrogen (secondary N) is 3. The second kappa shape index (κ2) is 6.31. The van der Waals surface area contributed by atoms with Crippen LogP contribution < -0.4 is 21.9 Å². The zero-order valence-corrected chi connectivity index (χ0v) is 13.1. The zero-order chi connectivity index (χ0) is 17.3. The molecule has 0 saturated heterocycles. The molecular formula is C16H17FN4O3. The Balaban J connectivity index is 1.66. The van der Waals surface area contributed by atoms with Gasteiger partial charge in [0.2, 0.25) is 0 Å². The van der Waals surface area contributed by atoms with E-state index in [1.165, 1.54) is 16.8 Å². The van der Waals surface area contributed by atoms with Crippen molar-refractivity contribution >= 4 is 11.7 Å². The molecule has 3 rings (SSSR count). The molecule has 0 bridgehead atoms. The third kappa shape index (κ3) is 3.53. The molecule has 1 aliphatic rings. The average Bonchev–Trinajstić information content (AvgIpc) is 3.35. The van der Waals surface area contributed by atoms with Gasteiger partial charge in [-0.3, -0.25) is 14.3 Å². The Morgan fingerprint density at radius 3 is 2.79 bits per heavy atom. The highest BCUT2D eigenvalue weighted by Crippen LogP contribution is 2.32. The maximum Gasteiger partial charge on any atom is 0.328 e. The number of carbonyl (C=O) groups is 1. The van der Waals surface area contributed by atoms with Crippen LogP contribution in [-0.4, -0.2) is 15.6 Å². The summed E-state index contributed by atoms with van der Waals surface area (Å²) < 4.78 is 14.9. The average molecular weight is 332 g/mol. The smallest absolute Gasteiger partial charge is 0.328 e. The summed E-state index contributed by atoms with van der Waals surface area (Å²) in [6, 6.07) is 3.91. The summed E-state index contributed by atoms with van der Waals surface area (Å²) in [6.45, 7) is 1.59. The quantitative estimate of drug-likeness (QED) is 0.794. The van der Waals surface area contributed by atoms with Gasteiger partial charge in [0.05, 0.1) is 12.1 Å². The van der Waals surface area contributed by atoms with E-state index >= 15 is 0 Å². The van der Waals surface area contributed by atoms with Crippen LogP contribution in [0.1, 0.15) is 30.0 Å². The summed E-state index contributed by atoms with van der Waals surface area (Å²) in [5.74, 6) is -0.416. The Morgan fingerprint density at radius 2 is 2.12 bits per heavy atom. The van der Waals surface area contributed by atoms with Crippen LogP contribution >= 0.6 is 0 Å². The SMILES string of the molecule is Cc1ccc(NC(=O)NCc2cn(C3CC3)c(=O)[nH]c2=O)cc1F. The molecular weight excluding hydrogens is 315 g/mol. The van der Waals surface area contributed by atoms with Gasteiger partial charge in [-0.15, -0.1) is 0 Å². The molecule has 3 N–H and O–H groups in total. The minimum absolute atomic E-state index is 0.0392. The molecule has 0 unspecified atom stereocenters. The van der Waals surface area contributed by atoms with Gasteiger partial charge in [-0.25, -0.2) is 14.0 Å². The highest BCUT2D eigenvalue weighted by atomic mass is 19.1. The van der Waals surface area contributed by atoms with Crippen molar-refractivity contribution in [2.24, 2.45) is 0 Å². The molecule has 1 fully saturated rings. The fourth-order valence-corrected chi connectivity index (χ4v) is 2.30. The second-order valence-electron chi connectivity index (χ2n) is 5.82. The number of hydrogen-bond acceptors (Lipinski definition) is 3. The molecule has 1 aromatic heterocycles. The van der Waals surface area contributed by atoms with Crippen LogP contribution in [0.4, 0.5) is 14.9 Å². The van der Waals surface area contributed by atoms with Gasteiger partial charge in [0.25, 0.3) is 5.56 Å². The lowest BCUT2D eigenvalue weighted by Gasteiger charge is -2.09. The summed E-state index contributed by atoms with van der Waals surface area (Å²) in [5.41, 5.74) is 0.110. The number of amides is 2. The lowest BCUT2D eigenvalue weighted by molar-refractivity contribution is 0.251. The van der Waals surface area contributed by atoms with Crippen LogP contribution in [0, 0.1) is 12.7 Å². The van der Waals surface area contributed by atoms with Gasteiger partial charge in [-0.05, 0) is 37.5 Å². The summed E-state index contributed by atoms with van der Waals surface area (Å²) in [5, 5.41) is 5.01. The molecule has 0 spiro atoms. The fraction of sp³-hybridized carbons (Fsp3) is 0.312. The number of nitrogens with zero attached hydrogens (tertiary/aromatic N) is 1. The molecule has 24 heavy (non-hydrogen) atoms. The van der Waals surface area contributed by atoms with Crippen molar-refractivity contribution in [2.45, 2.75) is 32.4 Å². The van der Waals surface area contributed by atoms with Crippen LogP contribution in [0.3, 0.4) is 0 Å². The number of carbonyl (C=O) groups excluding carboxylic acids is 1. The zero-order valence-electron chi connectivity index (χ0n) is 13.1. The molecule has 1 aliphatic carbocycles. The highest BCUT2D eigenvalue weighted by molar-refractivity contribution is 5.89. The molecule has 0 radical (unpaired) electrons. The van der Waals surface area contributed by atoms with Crippen molar-refractivity contribution in [3.8, 4) is 0 Å². The van der Waals surface area contributed by atoms with E-state index in [9.17, 15) is 18.8 Å². The summed E-state index contributed by atoms with van der Waals surface area (Å²) in [4.78, 5) is 37.6. The van der Waals surface area contributed by atoms with Crippen molar-refractivity contribution in [3.05, 3.63) is 62.2 Å². The highest BCUT2D eigenvalue weighted by Gasteiger charge is 2.25. The second-order valence-corrected chi connectivity index (χ2v) is 5.82. The number of hydrogen-bond donors (Lipinski definition) is 3. The van der Waals surface area contributed by atoms with E-state index in [2.05, 4.69) is 15.6 Å². The van der Waals surface area contributed by atoms with E-state index in [-0.39, 0.29) is 18.2 Å². The number of H-pyrrole nitrogens is 1. The van der Waals surface area contributed by atoms with E-state index in [0.717, 1.165) is 12.8 Å². The predicted octanol–water partition coefficient (Wildman–Crippen LogP) is 1.64. The first-order valence-corrected chi connectivity index (χ1v) is 7.59. The van der Waals surface area contributed by atoms with Gasteiger partial charge in [0.15, 0.2) is 0 Å². The van der Waals surface area contributed by atoms with Crippen molar-refractivity contribution in [1.29, 1.82) is 0 Å². The van der Waals surface area contributed by atoms with E-state index in [1.54, 1.807) is 19.1 Å². The molecule has 126 valence electrons. The molecule has 1 heterocycles. The number of aromatic amines is 1. The van der Waals surface area contributed by atoms with Crippen LogP contribution in [0.25, 0.3) is 0 Å². The Labute approximate surface area is 136 Å². The largest absolute Gasteiger partial charge is 0.334 e. The first kappa shape index (κ1) is 16.0. The Kier molecular flexibility index (Phi) is 4.20. The number of aromatic nitrogens is 2. The lowest BCUT2D eigenvalue weighted by atomic mass is 10.2. The van der Waals surface area contributed by atoms with Crippen LogP contribution in [0.15, 0.2) is 34.0 Å². The van der Waals surface area contributed by atoms with Crippen LogP contribution in [0.5, 0.6) is 0 Å². The number of anilines is 1. The first-order chi connectivity index (χ1) is 11.4. The Morgan fingerprint density at radius 1 is 1.38 bits per heavy atom. The topological polar surface area (TPSA) is 96.0 Å². The summed E-state index contributed by atoms with van der Waals surface area (Å²) >= 11 is 0. The molecule has 8 heteroatoms. The molecule has 2 aromatic rings. The van der Waals surface area contributed by atoms with Crippen molar-refractivity contribution in [3.63, 3.8) is 0 Å². The van der Waals surface area contributed by atoms with Gasteiger partial charge >= 0.3 is 11.7 Å². The molecule has 2 amide bonds. The lowest BCUT2D eigenvalue weighted by Crippen LogP contribution is -2.35. The normalized spacial score (nSPS) is 13.6. The van der Waals surface area contributed by atoms with Crippen molar-refractivity contribution < 1.29 is 9.18 Å². The summed E-state index contributed by atoms with van der Waals surface area (Å²) in [6.07, 6.45) is 3.28. The van der Waals surface area contributed by atoms with Gasteiger partial charge < -0.3 is 10.6 Å². The number of rotatable bonds is 4. The minimum Gasteiger partial charge on any atom is -0.334 e. The Bertz CT molecular complexity index is 899. The van der Waals surface area contributed by atoms with Crippen molar-refractivity contribution in [2.75, 3.05) is 5.32 Å². The first-order valence-electron chi connectivity index (χ1n) is 7.59. The van der Waals surface area contributed by atoms with E-state index in [1.807, 2.05) is 0 Å². The molecule has 1 saturated carbocycles. The van der Waals surface area contributed by atoms with Gasteiger partial charge in [0.1, 0.15) is 5.82 Å². The minimum atomic E-state index is -0.568.